The fourth-order valence-corrected chi connectivity index (χ4v) is 3.41. The number of benzene rings is 3. The number of ketones is 1. The van der Waals surface area contributed by atoms with Crippen LogP contribution in [0.25, 0.3) is 0 Å². The van der Waals surface area contributed by atoms with Crippen LogP contribution in [-0.2, 0) is 12.8 Å². The van der Waals surface area contributed by atoms with Crippen molar-refractivity contribution in [1.29, 1.82) is 0 Å². The van der Waals surface area contributed by atoms with Gasteiger partial charge in [-0.25, -0.2) is 0 Å². The van der Waals surface area contributed by atoms with Crippen LogP contribution in [0.3, 0.4) is 0 Å². The molecule has 4 heteroatoms. The SMILES string of the molecule is O=C1c2c(O)cccc2Cc2ccc(Cc3ccccc3O)c(O)c21. The number of hydrogen-bond donors (Lipinski definition) is 3. The fourth-order valence-electron chi connectivity index (χ4n) is 3.41. The first-order valence-electron chi connectivity index (χ1n) is 8.02. The molecule has 124 valence electrons. The summed E-state index contributed by atoms with van der Waals surface area (Å²) in [6, 6.07) is 15.5. The Bertz CT molecular complexity index is 1000. The third-order valence-corrected chi connectivity index (χ3v) is 4.68. The lowest BCUT2D eigenvalue weighted by atomic mass is 9.82. The highest BCUT2D eigenvalue weighted by atomic mass is 16.3. The average molecular weight is 332 g/mol. The van der Waals surface area contributed by atoms with Crippen LogP contribution in [0, 0.1) is 0 Å². The van der Waals surface area contributed by atoms with E-state index in [2.05, 4.69) is 0 Å². The number of phenols is 3. The Kier molecular flexibility index (Phi) is 3.46. The second-order valence-electron chi connectivity index (χ2n) is 6.23. The molecule has 0 heterocycles. The van der Waals surface area contributed by atoms with Crippen molar-refractivity contribution in [3.05, 3.63) is 88.0 Å². The Balaban J connectivity index is 1.80. The van der Waals surface area contributed by atoms with E-state index in [0.29, 0.717) is 24.0 Å². The maximum absolute atomic E-state index is 12.9. The molecule has 3 N–H and O–H groups in total. The van der Waals surface area contributed by atoms with E-state index in [9.17, 15) is 20.1 Å². The normalized spacial score (nSPS) is 12.6. The van der Waals surface area contributed by atoms with Gasteiger partial charge in [0.15, 0.2) is 0 Å². The van der Waals surface area contributed by atoms with Crippen LogP contribution in [0.1, 0.15) is 38.2 Å². The van der Waals surface area contributed by atoms with Gasteiger partial charge in [0.2, 0.25) is 5.78 Å². The smallest absolute Gasteiger partial charge is 0.201 e. The molecule has 0 saturated heterocycles. The number of hydrogen-bond acceptors (Lipinski definition) is 4. The largest absolute Gasteiger partial charge is 0.508 e. The van der Waals surface area contributed by atoms with Crippen LogP contribution < -0.4 is 0 Å². The summed E-state index contributed by atoms with van der Waals surface area (Å²) >= 11 is 0. The summed E-state index contributed by atoms with van der Waals surface area (Å²) in [5.41, 5.74) is 3.22. The molecule has 0 unspecified atom stereocenters. The number of carbonyl (C=O) groups excluding carboxylic acids is 1. The summed E-state index contributed by atoms with van der Waals surface area (Å²) in [5.74, 6) is -0.377. The highest BCUT2D eigenvalue weighted by molar-refractivity contribution is 6.15. The molecule has 4 rings (SSSR count). The molecule has 0 aromatic heterocycles. The lowest BCUT2D eigenvalue weighted by Crippen LogP contribution is -2.16. The van der Waals surface area contributed by atoms with Crippen molar-refractivity contribution in [2.75, 3.05) is 0 Å². The zero-order chi connectivity index (χ0) is 17.6. The Labute approximate surface area is 144 Å². The van der Waals surface area contributed by atoms with Gasteiger partial charge in [-0.1, -0.05) is 42.5 Å². The van der Waals surface area contributed by atoms with E-state index >= 15 is 0 Å². The molecule has 25 heavy (non-hydrogen) atoms. The minimum Gasteiger partial charge on any atom is -0.508 e. The van der Waals surface area contributed by atoms with Gasteiger partial charge >= 0.3 is 0 Å². The Hall–Kier alpha value is -3.27. The number of phenolic OH excluding ortho intramolecular Hbond substituents is 3. The van der Waals surface area contributed by atoms with Crippen LogP contribution >= 0.6 is 0 Å². The summed E-state index contributed by atoms with van der Waals surface area (Å²) in [6.07, 6.45) is 0.794. The lowest BCUT2D eigenvalue weighted by Gasteiger charge is -2.21. The third kappa shape index (κ3) is 2.43. The van der Waals surface area contributed by atoms with Gasteiger partial charge in [0.05, 0.1) is 11.1 Å². The van der Waals surface area contributed by atoms with Crippen LogP contribution in [0.15, 0.2) is 54.6 Å². The first kappa shape index (κ1) is 15.3. The topological polar surface area (TPSA) is 77.8 Å². The number of para-hydroxylation sites is 1. The molecule has 0 fully saturated rings. The highest BCUT2D eigenvalue weighted by Crippen LogP contribution is 2.38. The predicted molar refractivity (Wildman–Crippen MR) is 93.4 cm³/mol. The number of rotatable bonds is 2. The van der Waals surface area contributed by atoms with E-state index < -0.39 is 0 Å². The van der Waals surface area contributed by atoms with Crippen molar-refractivity contribution in [3.8, 4) is 17.2 Å². The minimum absolute atomic E-state index is 0.0707. The molecule has 0 atom stereocenters. The monoisotopic (exact) mass is 332 g/mol. The maximum atomic E-state index is 12.9. The van der Waals surface area contributed by atoms with Gasteiger partial charge in [0.25, 0.3) is 0 Å². The van der Waals surface area contributed by atoms with Gasteiger partial charge in [-0.3, -0.25) is 4.79 Å². The Morgan fingerprint density at radius 2 is 1.44 bits per heavy atom. The molecular weight excluding hydrogens is 316 g/mol. The van der Waals surface area contributed by atoms with Crippen molar-refractivity contribution >= 4 is 5.78 Å². The molecule has 3 aromatic rings. The van der Waals surface area contributed by atoms with Gasteiger partial charge in [0, 0.05) is 6.42 Å². The Morgan fingerprint density at radius 1 is 0.720 bits per heavy atom. The average Bonchev–Trinajstić information content (AvgIpc) is 2.59. The molecule has 3 aromatic carbocycles. The minimum atomic E-state index is -0.369. The van der Waals surface area contributed by atoms with Crippen LogP contribution in [0.4, 0.5) is 0 Å². The quantitative estimate of drug-likeness (QED) is 0.525. The molecule has 1 aliphatic carbocycles. The van der Waals surface area contributed by atoms with Crippen molar-refractivity contribution in [2.45, 2.75) is 12.8 Å². The molecule has 0 radical (unpaired) electrons. The number of fused-ring (bicyclic) bond motifs is 2. The molecule has 0 aliphatic heterocycles. The van der Waals surface area contributed by atoms with Gasteiger partial charge < -0.3 is 15.3 Å². The summed E-state index contributed by atoms with van der Waals surface area (Å²) < 4.78 is 0. The molecule has 0 spiro atoms. The molecule has 0 bridgehead atoms. The van der Waals surface area contributed by atoms with E-state index in [1.165, 1.54) is 6.07 Å². The van der Waals surface area contributed by atoms with Crippen LogP contribution in [0.5, 0.6) is 17.2 Å². The summed E-state index contributed by atoms with van der Waals surface area (Å²) in [4.78, 5) is 12.9. The lowest BCUT2D eigenvalue weighted by molar-refractivity contribution is 0.102. The molecule has 0 saturated carbocycles. The standard InChI is InChI=1S/C21H16O4/c22-16-6-2-1-4-12(16)10-15-9-8-14-11-13-5-3-7-17(23)18(13)21(25)19(14)20(15)24/h1-9,22-24H,10-11H2. The first-order chi connectivity index (χ1) is 12.1. The molecular formula is C21H16O4. The maximum Gasteiger partial charge on any atom is 0.201 e. The second kappa shape index (κ2) is 5.67. The summed E-state index contributed by atoms with van der Waals surface area (Å²) in [5, 5.41) is 30.7. The van der Waals surface area contributed by atoms with Gasteiger partial charge in [0.1, 0.15) is 17.2 Å². The summed E-state index contributed by atoms with van der Waals surface area (Å²) in [6.45, 7) is 0. The summed E-state index contributed by atoms with van der Waals surface area (Å²) in [7, 11) is 0. The number of carbonyl (C=O) groups is 1. The van der Waals surface area contributed by atoms with Crippen LogP contribution in [-0.4, -0.2) is 21.1 Å². The second-order valence-corrected chi connectivity index (χ2v) is 6.23. The van der Waals surface area contributed by atoms with Crippen LogP contribution in [0.2, 0.25) is 0 Å². The van der Waals surface area contributed by atoms with E-state index in [1.807, 2.05) is 18.2 Å². The highest BCUT2D eigenvalue weighted by Gasteiger charge is 2.29. The van der Waals surface area contributed by atoms with Gasteiger partial charge in [-0.05, 0) is 40.8 Å². The van der Waals surface area contributed by atoms with E-state index in [4.69, 9.17) is 0 Å². The van der Waals surface area contributed by atoms with E-state index in [-0.39, 0.29) is 34.2 Å². The van der Waals surface area contributed by atoms with Crippen molar-refractivity contribution < 1.29 is 20.1 Å². The zero-order valence-electron chi connectivity index (χ0n) is 13.4. The van der Waals surface area contributed by atoms with E-state index in [1.54, 1.807) is 30.3 Å². The molecule has 1 aliphatic rings. The van der Waals surface area contributed by atoms with Crippen molar-refractivity contribution in [1.82, 2.24) is 0 Å². The van der Waals surface area contributed by atoms with Gasteiger partial charge in [-0.2, -0.15) is 0 Å². The first-order valence-corrected chi connectivity index (χ1v) is 8.02. The van der Waals surface area contributed by atoms with E-state index in [0.717, 1.165) is 11.1 Å². The molecule has 4 nitrogen and oxygen atoms in total. The fraction of sp³-hybridized carbons (Fsp3) is 0.0952. The Morgan fingerprint density at radius 3 is 2.24 bits per heavy atom. The zero-order valence-corrected chi connectivity index (χ0v) is 13.4. The third-order valence-electron chi connectivity index (χ3n) is 4.68. The predicted octanol–water partition coefficient (Wildman–Crippen LogP) is 3.53. The molecule has 0 amide bonds. The van der Waals surface area contributed by atoms with Crippen molar-refractivity contribution in [2.24, 2.45) is 0 Å². The number of aromatic hydroxyl groups is 3. The van der Waals surface area contributed by atoms with Gasteiger partial charge in [-0.15, -0.1) is 0 Å². The van der Waals surface area contributed by atoms with Crippen molar-refractivity contribution in [3.63, 3.8) is 0 Å².